The number of aldehydes is 1. The highest BCUT2D eigenvalue weighted by atomic mass is 19.4. The van der Waals surface area contributed by atoms with Crippen LogP contribution in [0.3, 0.4) is 0 Å². The average Bonchev–Trinajstić information content (AvgIpc) is 2.25. The first-order valence-electron chi connectivity index (χ1n) is 4.21. The molecule has 0 atom stereocenters. The summed E-state index contributed by atoms with van der Waals surface area (Å²) < 4.78 is 37.6. The largest absolute Gasteiger partial charge is 0.417 e. The Balaban J connectivity index is 3.63. The van der Waals surface area contributed by atoms with Gasteiger partial charge in [-0.3, -0.25) is 9.59 Å². The molecular formula is C10H5F3N2O2. The highest BCUT2D eigenvalue weighted by Crippen LogP contribution is 2.33. The number of nitrogens with two attached hydrogens (primary N) is 1. The molecule has 17 heavy (non-hydrogen) atoms. The Morgan fingerprint density at radius 3 is 2.35 bits per heavy atom. The molecule has 88 valence electrons. The van der Waals surface area contributed by atoms with Gasteiger partial charge in [0.25, 0.3) is 0 Å². The third-order valence-electron chi connectivity index (χ3n) is 2.01. The summed E-state index contributed by atoms with van der Waals surface area (Å²) in [6.45, 7) is 0. The second-order valence-corrected chi connectivity index (χ2v) is 3.08. The lowest BCUT2D eigenvalue weighted by Gasteiger charge is -2.11. The molecular weight excluding hydrogens is 237 g/mol. The van der Waals surface area contributed by atoms with Gasteiger partial charge in [-0.15, -0.1) is 0 Å². The van der Waals surface area contributed by atoms with Crippen molar-refractivity contribution in [2.75, 3.05) is 0 Å². The quantitative estimate of drug-likeness (QED) is 0.797. The predicted octanol–water partition coefficient (Wildman–Crippen LogP) is 1.49. The number of nitrogens with zero attached hydrogens (tertiary/aromatic N) is 1. The summed E-state index contributed by atoms with van der Waals surface area (Å²) in [5.74, 6) is -1.16. The molecule has 1 rings (SSSR count). The lowest BCUT2D eigenvalue weighted by Crippen LogP contribution is -2.17. The first-order valence-corrected chi connectivity index (χ1v) is 4.21. The molecule has 0 saturated heterocycles. The number of alkyl halides is 3. The smallest absolute Gasteiger partial charge is 0.366 e. The molecule has 7 heteroatoms. The van der Waals surface area contributed by atoms with Crippen molar-refractivity contribution in [1.82, 2.24) is 0 Å². The van der Waals surface area contributed by atoms with Crippen LogP contribution in [0, 0.1) is 11.3 Å². The topological polar surface area (TPSA) is 83.9 Å². The molecule has 0 heterocycles. The van der Waals surface area contributed by atoms with Crippen LogP contribution >= 0.6 is 0 Å². The fourth-order valence-corrected chi connectivity index (χ4v) is 1.25. The van der Waals surface area contributed by atoms with Gasteiger partial charge in [0.05, 0.1) is 22.8 Å². The van der Waals surface area contributed by atoms with E-state index < -0.39 is 28.8 Å². The Bertz CT molecular complexity index is 530. The summed E-state index contributed by atoms with van der Waals surface area (Å²) >= 11 is 0. The van der Waals surface area contributed by atoms with Crippen molar-refractivity contribution in [2.45, 2.75) is 6.18 Å². The average molecular weight is 242 g/mol. The normalized spacial score (nSPS) is 10.7. The van der Waals surface area contributed by atoms with Crippen LogP contribution in [-0.4, -0.2) is 12.2 Å². The van der Waals surface area contributed by atoms with Crippen LogP contribution in [0.15, 0.2) is 12.1 Å². The fourth-order valence-electron chi connectivity index (χ4n) is 1.25. The van der Waals surface area contributed by atoms with Gasteiger partial charge in [0, 0.05) is 5.56 Å². The molecule has 0 unspecified atom stereocenters. The van der Waals surface area contributed by atoms with Gasteiger partial charge in [0.15, 0.2) is 6.29 Å². The fraction of sp³-hybridized carbons (Fsp3) is 0.100. The Morgan fingerprint density at radius 1 is 1.41 bits per heavy atom. The molecule has 0 radical (unpaired) electrons. The molecule has 0 spiro atoms. The number of nitriles is 1. The van der Waals surface area contributed by atoms with Gasteiger partial charge in [0.1, 0.15) is 0 Å². The maximum atomic E-state index is 12.5. The second-order valence-electron chi connectivity index (χ2n) is 3.08. The van der Waals surface area contributed by atoms with Crippen LogP contribution in [0.2, 0.25) is 0 Å². The second kappa shape index (κ2) is 4.25. The molecule has 1 aromatic carbocycles. The molecule has 1 amide bonds. The van der Waals surface area contributed by atoms with Crippen molar-refractivity contribution in [2.24, 2.45) is 5.73 Å². The van der Waals surface area contributed by atoms with E-state index in [1.807, 2.05) is 0 Å². The van der Waals surface area contributed by atoms with Gasteiger partial charge in [-0.25, -0.2) is 0 Å². The van der Waals surface area contributed by atoms with Gasteiger partial charge in [-0.05, 0) is 12.1 Å². The van der Waals surface area contributed by atoms with E-state index in [9.17, 15) is 22.8 Å². The Kier molecular flexibility index (Phi) is 3.18. The molecule has 0 bridgehead atoms. The van der Waals surface area contributed by atoms with E-state index in [0.717, 1.165) is 0 Å². The van der Waals surface area contributed by atoms with E-state index >= 15 is 0 Å². The molecule has 0 aliphatic carbocycles. The summed E-state index contributed by atoms with van der Waals surface area (Å²) in [7, 11) is 0. The standard InChI is InChI=1S/C10H5F3N2O2/c11-10(12,13)8-2-7(9(15)17)6(4-16)1-5(8)3-14/h1-2,4H,(H2,15,17). The third kappa shape index (κ3) is 2.42. The van der Waals surface area contributed by atoms with Gasteiger partial charge < -0.3 is 5.73 Å². The minimum atomic E-state index is -4.79. The van der Waals surface area contributed by atoms with Crippen LogP contribution in [0.5, 0.6) is 0 Å². The van der Waals surface area contributed by atoms with Crippen molar-refractivity contribution >= 4 is 12.2 Å². The molecule has 0 aromatic heterocycles. The molecule has 1 aromatic rings. The number of benzene rings is 1. The summed E-state index contributed by atoms with van der Waals surface area (Å²) in [6.07, 6.45) is -4.63. The van der Waals surface area contributed by atoms with Crippen molar-refractivity contribution < 1.29 is 22.8 Å². The molecule has 0 aliphatic rings. The third-order valence-corrected chi connectivity index (χ3v) is 2.01. The van der Waals surface area contributed by atoms with E-state index in [1.165, 1.54) is 6.07 Å². The maximum absolute atomic E-state index is 12.5. The minimum Gasteiger partial charge on any atom is -0.366 e. The Labute approximate surface area is 93.4 Å². The summed E-state index contributed by atoms with van der Waals surface area (Å²) in [5.41, 5.74) is 1.91. The van der Waals surface area contributed by atoms with Gasteiger partial charge in [0.2, 0.25) is 5.91 Å². The Morgan fingerprint density at radius 2 is 2.00 bits per heavy atom. The first-order chi connectivity index (χ1) is 7.81. The monoisotopic (exact) mass is 242 g/mol. The number of hydrogen-bond acceptors (Lipinski definition) is 3. The van der Waals surface area contributed by atoms with Crippen LogP contribution in [-0.2, 0) is 6.18 Å². The van der Waals surface area contributed by atoms with E-state index in [1.54, 1.807) is 0 Å². The van der Waals surface area contributed by atoms with Gasteiger partial charge in [-0.1, -0.05) is 0 Å². The summed E-state index contributed by atoms with van der Waals surface area (Å²) in [4.78, 5) is 21.4. The summed E-state index contributed by atoms with van der Waals surface area (Å²) in [6, 6.07) is 2.41. The number of carbonyl (C=O) groups excluding carboxylic acids is 2. The number of primary amides is 1. The van der Waals surface area contributed by atoms with Crippen molar-refractivity contribution in [3.63, 3.8) is 0 Å². The zero-order valence-electron chi connectivity index (χ0n) is 8.21. The number of hydrogen-bond donors (Lipinski definition) is 1. The lowest BCUT2D eigenvalue weighted by molar-refractivity contribution is -0.137. The maximum Gasteiger partial charge on any atom is 0.417 e. The number of halogens is 3. The highest BCUT2D eigenvalue weighted by molar-refractivity contribution is 6.01. The van der Waals surface area contributed by atoms with Crippen LogP contribution in [0.25, 0.3) is 0 Å². The first kappa shape index (κ1) is 12.7. The summed E-state index contributed by atoms with van der Waals surface area (Å²) in [5, 5.41) is 8.55. The van der Waals surface area contributed by atoms with Crippen molar-refractivity contribution in [3.8, 4) is 6.07 Å². The van der Waals surface area contributed by atoms with E-state index in [4.69, 9.17) is 11.0 Å². The van der Waals surface area contributed by atoms with Crippen LogP contribution in [0.1, 0.15) is 31.8 Å². The van der Waals surface area contributed by atoms with Crippen molar-refractivity contribution in [1.29, 1.82) is 5.26 Å². The van der Waals surface area contributed by atoms with E-state index in [0.29, 0.717) is 12.1 Å². The molecule has 4 nitrogen and oxygen atoms in total. The Hall–Kier alpha value is -2.36. The molecule has 0 aliphatic heterocycles. The van der Waals surface area contributed by atoms with Gasteiger partial charge >= 0.3 is 6.18 Å². The number of amides is 1. The number of carbonyl (C=O) groups is 2. The zero-order valence-corrected chi connectivity index (χ0v) is 8.21. The van der Waals surface area contributed by atoms with Crippen LogP contribution < -0.4 is 5.73 Å². The zero-order chi connectivity index (χ0) is 13.2. The van der Waals surface area contributed by atoms with Crippen LogP contribution in [0.4, 0.5) is 13.2 Å². The molecule has 2 N–H and O–H groups in total. The van der Waals surface area contributed by atoms with Crippen molar-refractivity contribution in [3.05, 3.63) is 34.4 Å². The SMILES string of the molecule is N#Cc1cc(C=O)c(C(N)=O)cc1C(F)(F)F. The number of rotatable bonds is 2. The highest BCUT2D eigenvalue weighted by Gasteiger charge is 2.35. The van der Waals surface area contributed by atoms with E-state index in [-0.39, 0.29) is 11.8 Å². The lowest BCUT2D eigenvalue weighted by atomic mass is 9.99. The minimum absolute atomic E-state index is 0.168. The molecule has 0 fully saturated rings. The van der Waals surface area contributed by atoms with Gasteiger partial charge in [-0.2, -0.15) is 18.4 Å². The predicted molar refractivity (Wildman–Crippen MR) is 50.1 cm³/mol. The van der Waals surface area contributed by atoms with E-state index in [2.05, 4.69) is 0 Å². The molecule has 0 saturated carbocycles.